The van der Waals surface area contributed by atoms with Crippen molar-refractivity contribution in [2.24, 2.45) is 0 Å². The van der Waals surface area contributed by atoms with Crippen LogP contribution in [-0.2, 0) is 9.53 Å². The van der Waals surface area contributed by atoms with Gasteiger partial charge in [0.05, 0.1) is 11.3 Å². The van der Waals surface area contributed by atoms with Crippen LogP contribution < -0.4 is 5.32 Å². The highest BCUT2D eigenvalue weighted by molar-refractivity contribution is 14.1. The van der Waals surface area contributed by atoms with Gasteiger partial charge in [0.2, 0.25) is 0 Å². The summed E-state index contributed by atoms with van der Waals surface area (Å²) in [6.45, 7) is -0.326. The zero-order valence-electron chi connectivity index (χ0n) is 12.7. The van der Waals surface area contributed by atoms with Gasteiger partial charge in [-0.1, -0.05) is 48.5 Å². The molecule has 0 saturated heterocycles. The SMILES string of the molecule is O=C(COC(=O)c1cccc2ccccc12)Nc1ccccc1I. The molecule has 0 atom stereocenters. The maximum atomic E-state index is 12.3. The Hall–Kier alpha value is -2.41. The van der Waals surface area contributed by atoms with Gasteiger partial charge in [0.15, 0.2) is 6.61 Å². The van der Waals surface area contributed by atoms with E-state index in [0.29, 0.717) is 11.3 Å². The number of carbonyl (C=O) groups is 2. The molecule has 0 aliphatic heterocycles. The molecular formula is C19H14INO3. The average Bonchev–Trinajstić information content (AvgIpc) is 2.61. The van der Waals surface area contributed by atoms with Gasteiger partial charge in [-0.3, -0.25) is 4.79 Å². The van der Waals surface area contributed by atoms with Crippen molar-refractivity contribution in [3.05, 3.63) is 75.9 Å². The Bertz CT molecular complexity index is 903. The highest BCUT2D eigenvalue weighted by Crippen LogP contribution is 2.19. The predicted octanol–water partition coefficient (Wildman–Crippen LogP) is 4.24. The third kappa shape index (κ3) is 3.73. The Balaban J connectivity index is 1.67. The molecule has 0 aliphatic rings. The zero-order chi connectivity index (χ0) is 16.9. The Morgan fingerprint density at radius 3 is 2.46 bits per heavy atom. The zero-order valence-corrected chi connectivity index (χ0v) is 14.8. The molecule has 3 rings (SSSR count). The van der Waals surface area contributed by atoms with Gasteiger partial charge in [0.25, 0.3) is 5.91 Å². The van der Waals surface area contributed by atoms with Crippen molar-refractivity contribution in [3.63, 3.8) is 0 Å². The molecule has 0 heterocycles. The van der Waals surface area contributed by atoms with E-state index >= 15 is 0 Å². The van der Waals surface area contributed by atoms with E-state index in [-0.39, 0.29) is 12.5 Å². The molecule has 0 aliphatic carbocycles. The number of fused-ring (bicyclic) bond motifs is 1. The van der Waals surface area contributed by atoms with Crippen molar-refractivity contribution in [1.82, 2.24) is 0 Å². The van der Waals surface area contributed by atoms with Crippen LogP contribution in [0.2, 0.25) is 0 Å². The molecule has 0 aromatic heterocycles. The first-order valence-electron chi connectivity index (χ1n) is 7.34. The number of amides is 1. The molecule has 1 amide bonds. The van der Waals surface area contributed by atoms with Crippen molar-refractivity contribution in [2.75, 3.05) is 11.9 Å². The standard InChI is InChI=1S/C19H14INO3/c20-16-10-3-4-11-17(16)21-18(22)12-24-19(23)15-9-5-7-13-6-1-2-8-14(13)15/h1-11H,12H2,(H,21,22). The van der Waals surface area contributed by atoms with E-state index in [9.17, 15) is 9.59 Å². The van der Waals surface area contributed by atoms with Gasteiger partial charge in [-0.15, -0.1) is 0 Å². The molecule has 0 unspecified atom stereocenters. The minimum absolute atomic E-state index is 0.326. The minimum atomic E-state index is -0.510. The third-order valence-corrected chi connectivity index (χ3v) is 4.43. The molecule has 120 valence electrons. The third-order valence-electron chi connectivity index (χ3n) is 3.49. The number of para-hydroxylation sites is 1. The number of ether oxygens (including phenoxy) is 1. The summed E-state index contributed by atoms with van der Waals surface area (Å²) in [7, 11) is 0. The molecule has 0 spiro atoms. The Kier molecular flexibility index (Phi) is 5.10. The number of hydrogen-bond acceptors (Lipinski definition) is 3. The maximum absolute atomic E-state index is 12.3. The van der Waals surface area contributed by atoms with E-state index in [1.807, 2.05) is 48.5 Å². The molecule has 24 heavy (non-hydrogen) atoms. The molecule has 5 heteroatoms. The van der Waals surface area contributed by atoms with Gasteiger partial charge in [-0.25, -0.2) is 4.79 Å². The molecule has 0 fully saturated rings. The summed E-state index contributed by atoms with van der Waals surface area (Å²) in [5.41, 5.74) is 1.15. The van der Waals surface area contributed by atoms with Crippen LogP contribution in [0.3, 0.4) is 0 Å². The summed E-state index contributed by atoms with van der Waals surface area (Å²) in [4.78, 5) is 24.3. The number of anilines is 1. The van der Waals surface area contributed by atoms with Gasteiger partial charge in [-0.2, -0.15) is 0 Å². The fourth-order valence-corrected chi connectivity index (χ4v) is 2.88. The number of carbonyl (C=O) groups excluding carboxylic acids is 2. The largest absolute Gasteiger partial charge is 0.452 e. The first kappa shape index (κ1) is 16.4. The second-order valence-electron chi connectivity index (χ2n) is 5.13. The first-order valence-corrected chi connectivity index (χ1v) is 8.42. The van der Waals surface area contributed by atoms with Gasteiger partial charge < -0.3 is 10.1 Å². The maximum Gasteiger partial charge on any atom is 0.339 e. The molecule has 0 radical (unpaired) electrons. The molecule has 1 N–H and O–H groups in total. The molecular weight excluding hydrogens is 417 g/mol. The fraction of sp³-hybridized carbons (Fsp3) is 0.0526. The van der Waals surface area contributed by atoms with Crippen LogP contribution in [-0.4, -0.2) is 18.5 Å². The lowest BCUT2D eigenvalue weighted by Gasteiger charge is -2.09. The Morgan fingerprint density at radius 1 is 0.917 bits per heavy atom. The lowest BCUT2D eigenvalue weighted by Crippen LogP contribution is -2.21. The normalized spacial score (nSPS) is 10.4. The van der Waals surface area contributed by atoms with Crippen LogP contribution in [0, 0.1) is 3.57 Å². The monoisotopic (exact) mass is 431 g/mol. The van der Waals surface area contributed by atoms with Gasteiger partial charge in [0.1, 0.15) is 0 Å². The van der Waals surface area contributed by atoms with E-state index in [2.05, 4.69) is 27.9 Å². The first-order chi connectivity index (χ1) is 11.6. The smallest absolute Gasteiger partial charge is 0.339 e. The summed E-state index contributed by atoms with van der Waals surface area (Å²) in [6, 6.07) is 20.4. The lowest BCUT2D eigenvalue weighted by molar-refractivity contribution is -0.119. The van der Waals surface area contributed by atoms with E-state index in [1.165, 1.54) is 0 Å². The van der Waals surface area contributed by atoms with E-state index in [0.717, 1.165) is 14.3 Å². The van der Waals surface area contributed by atoms with Crippen LogP contribution >= 0.6 is 22.6 Å². The summed E-state index contributed by atoms with van der Waals surface area (Å²) in [5.74, 6) is -0.877. The second-order valence-corrected chi connectivity index (χ2v) is 6.29. The Morgan fingerprint density at radius 2 is 1.62 bits per heavy atom. The summed E-state index contributed by atoms with van der Waals surface area (Å²) < 4.78 is 6.08. The van der Waals surface area contributed by atoms with Crippen LogP contribution in [0.15, 0.2) is 66.7 Å². The van der Waals surface area contributed by atoms with Gasteiger partial charge in [-0.05, 0) is 51.6 Å². The highest BCUT2D eigenvalue weighted by Gasteiger charge is 2.13. The quantitative estimate of drug-likeness (QED) is 0.497. The van der Waals surface area contributed by atoms with Crippen molar-refractivity contribution >= 4 is 50.9 Å². The second kappa shape index (κ2) is 7.44. The number of rotatable bonds is 4. The van der Waals surface area contributed by atoms with Crippen LogP contribution in [0.1, 0.15) is 10.4 Å². The number of hydrogen-bond donors (Lipinski definition) is 1. The van der Waals surface area contributed by atoms with Gasteiger partial charge >= 0.3 is 5.97 Å². The highest BCUT2D eigenvalue weighted by atomic mass is 127. The summed E-state index contributed by atoms with van der Waals surface area (Å²) >= 11 is 2.13. The van der Waals surface area contributed by atoms with Crippen molar-refractivity contribution in [2.45, 2.75) is 0 Å². The van der Waals surface area contributed by atoms with E-state index in [4.69, 9.17) is 4.74 Å². The molecule has 3 aromatic rings. The molecule has 0 bridgehead atoms. The molecule has 4 nitrogen and oxygen atoms in total. The lowest BCUT2D eigenvalue weighted by atomic mass is 10.1. The summed E-state index contributed by atoms with van der Waals surface area (Å²) in [5, 5.41) is 4.49. The Labute approximate surface area is 153 Å². The number of benzene rings is 3. The molecule has 3 aromatic carbocycles. The van der Waals surface area contributed by atoms with Gasteiger partial charge in [0, 0.05) is 3.57 Å². The number of halogens is 1. The van der Waals surface area contributed by atoms with E-state index < -0.39 is 5.97 Å². The van der Waals surface area contributed by atoms with Crippen molar-refractivity contribution < 1.29 is 14.3 Å². The van der Waals surface area contributed by atoms with Crippen LogP contribution in [0.5, 0.6) is 0 Å². The summed E-state index contributed by atoms with van der Waals surface area (Å²) in [6.07, 6.45) is 0. The van der Waals surface area contributed by atoms with Crippen LogP contribution in [0.4, 0.5) is 5.69 Å². The number of esters is 1. The van der Waals surface area contributed by atoms with Crippen molar-refractivity contribution in [3.8, 4) is 0 Å². The van der Waals surface area contributed by atoms with E-state index in [1.54, 1.807) is 18.2 Å². The van der Waals surface area contributed by atoms with Crippen LogP contribution in [0.25, 0.3) is 10.8 Å². The minimum Gasteiger partial charge on any atom is -0.452 e. The topological polar surface area (TPSA) is 55.4 Å². The predicted molar refractivity (Wildman–Crippen MR) is 102 cm³/mol. The number of nitrogens with one attached hydrogen (secondary N) is 1. The van der Waals surface area contributed by atoms with Crippen molar-refractivity contribution in [1.29, 1.82) is 0 Å². The average molecular weight is 431 g/mol. The molecule has 0 saturated carbocycles. The fourth-order valence-electron chi connectivity index (χ4n) is 2.36.